The number of anilines is 1. The van der Waals surface area contributed by atoms with Gasteiger partial charge in [-0.3, -0.25) is 9.59 Å². The fraction of sp³-hybridized carbons (Fsp3) is 0.167. The number of carbonyl (C=O) groups excluding carboxylic acids is 2. The van der Waals surface area contributed by atoms with E-state index in [0.717, 1.165) is 6.08 Å². The molecule has 0 saturated heterocycles. The number of furan rings is 1. The maximum atomic E-state index is 12.1. The molecule has 6 heteroatoms. The van der Waals surface area contributed by atoms with Crippen molar-refractivity contribution in [3.63, 3.8) is 0 Å². The highest BCUT2D eigenvalue weighted by atomic mass is 16.5. The summed E-state index contributed by atoms with van der Waals surface area (Å²) in [4.78, 5) is 24.2. The van der Waals surface area contributed by atoms with E-state index in [1.54, 1.807) is 49.4 Å². The topological polar surface area (TPSA) is 92.3 Å². The Kier molecular flexibility index (Phi) is 5.53. The number of hydrogen-bond donors (Lipinski definition) is 1. The van der Waals surface area contributed by atoms with Gasteiger partial charge in [0, 0.05) is 11.8 Å². The molecule has 0 aliphatic rings. The zero-order valence-corrected chi connectivity index (χ0v) is 13.3. The van der Waals surface area contributed by atoms with Gasteiger partial charge in [-0.2, -0.15) is 5.26 Å². The predicted molar refractivity (Wildman–Crippen MR) is 88.2 cm³/mol. The summed E-state index contributed by atoms with van der Waals surface area (Å²) in [6.45, 7) is 1.78. The van der Waals surface area contributed by atoms with Crippen LogP contribution >= 0.6 is 0 Å². The van der Waals surface area contributed by atoms with Gasteiger partial charge in [0.15, 0.2) is 11.7 Å². The van der Waals surface area contributed by atoms with Crippen molar-refractivity contribution in [1.29, 1.82) is 5.26 Å². The lowest BCUT2D eigenvalue weighted by molar-refractivity contribution is -0.126. The molecule has 2 rings (SSSR count). The van der Waals surface area contributed by atoms with Crippen molar-refractivity contribution in [3.8, 4) is 11.8 Å². The first-order valence-corrected chi connectivity index (χ1v) is 7.16. The monoisotopic (exact) mass is 324 g/mol. The first-order chi connectivity index (χ1) is 11.5. The molecule has 0 saturated carbocycles. The van der Waals surface area contributed by atoms with Gasteiger partial charge in [0.2, 0.25) is 5.91 Å². The summed E-state index contributed by atoms with van der Waals surface area (Å²) in [5.41, 5.74) is 0.443. The van der Waals surface area contributed by atoms with Gasteiger partial charge in [0.1, 0.15) is 17.3 Å². The third kappa shape index (κ3) is 4.34. The Morgan fingerprint density at radius 2 is 2.12 bits per heavy atom. The van der Waals surface area contributed by atoms with Gasteiger partial charge < -0.3 is 14.5 Å². The van der Waals surface area contributed by atoms with Crippen LogP contribution < -0.4 is 10.1 Å². The maximum Gasteiger partial charge on any atom is 0.249 e. The molecule has 1 atom stereocenters. The molecule has 1 aromatic heterocycles. The summed E-state index contributed by atoms with van der Waals surface area (Å²) in [6.07, 6.45) is 2.59. The second kappa shape index (κ2) is 7.79. The van der Waals surface area contributed by atoms with Gasteiger partial charge in [-0.05, 0) is 43.3 Å². The Bertz CT molecular complexity index is 814. The number of nitriles is 1. The highest BCUT2D eigenvalue weighted by Gasteiger charge is 2.24. The Balaban J connectivity index is 2.06. The molecule has 1 heterocycles. The number of ketones is 1. The lowest BCUT2D eigenvalue weighted by atomic mass is 10.0. The molecule has 1 aromatic carbocycles. The smallest absolute Gasteiger partial charge is 0.249 e. The molecule has 2 aromatic rings. The minimum Gasteiger partial charge on any atom is -0.497 e. The minimum absolute atomic E-state index is 0.443. The summed E-state index contributed by atoms with van der Waals surface area (Å²) >= 11 is 0. The zero-order chi connectivity index (χ0) is 17.5. The van der Waals surface area contributed by atoms with Gasteiger partial charge in [0.25, 0.3) is 0 Å². The SMILES string of the molecule is COc1cccc(NC(=O)C(C#N)C(=O)/C=C/c2ccc(C)o2)c1. The lowest BCUT2D eigenvalue weighted by Crippen LogP contribution is -2.27. The van der Waals surface area contributed by atoms with Crippen LogP contribution in [-0.4, -0.2) is 18.8 Å². The second-order valence-corrected chi connectivity index (χ2v) is 4.97. The Hall–Kier alpha value is -3.33. The average Bonchev–Trinajstić information content (AvgIpc) is 2.99. The van der Waals surface area contributed by atoms with E-state index in [4.69, 9.17) is 14.4 Å². The second-order valence-electron chi connectivity index (χ2n) is 4.97. The average molecular weight is 324 g/mol. The van der Waals surface area contributed by atoms with Crippen LogP contribution in [0.3, 0.4) is 0 Å². The largest absolute Gasteiger partial charge is 0.497 e. The van der Waals surface area contributed by atoms with Gasteiger partial charge >= 0.3 is 0 Å². The highest BCUT2D eigenvalue weighted by Crippen LogP contribution is 2.17. The number of nitrogens with zero attached hydrogens (tertiary/aromatic N) is 1. The molecule has 24 heavy (non-hydrogen) atoms. The van der Waals surface area contributed by atoms with E-state index in [0.29, 0.717) is 23.0 Å². The third-order valence-corrected chi connectivity index (χ3v) is 3.19. The highest BCUT2D eigenvalue weighted by molar-refractivity contribution is 6.14. The number of nitrogens with one attached hydrogen (secondary N) is 1. The molecular weight excluding hydrogens is 308 g/mol. The van der Waals surface area contributed by atoms with Crippen LogP contribution in [0.2, 0.25) is 0 Å². The van der Waals surface area contributed by atoms with Crippen molar-refractivity contribution in [2.45, 2.75) is 6.92 Å². The number of carbonyl (C=O) groups is 2. The van der Waals surface area contributed by atoms with E-state index < -0.39 is 17.6 Å². The van der Waals surface area contributed by atoms with E-state index in [-0.39, 0.29) is 0 Å². The fourth-order valence-electron chi connectivity index (χ4n) is 1.97. The quantitative estimate of drug-likeness (QED) is 0.651. The molecular formula is C18H16N2O4. The molecule has 122 valence electrons. The summed E-state index contributed by atoms with van der Waals surface area (Å²) < 4.78 is 10.3. The number of methoxy groups -OCH3 is 1. The van der Waals surface area contributed by atoms with Crippen molar-refractivity contribution in [2.24, 2.45) is 5.92 Å². The zero-order valence-electron chi connectivity index (χ0n) is 13.3. The summed E-state index contributed by atoms with van der Waals surface area (Å²) in [5, 5.41) is 11.7. The standard InChI is InChI=1S/C18H16N2O4/c1-12-6-7-14(24-12)8-9-17(21)16(11-19)18(22)20-13-4-3-5-15(10-13)23-2/h3-10,16H,1-2H3,(H,20,22)/b9-8+. The number of aryl methyl sites for hydroxylation is 1. The van der Waals surface area contributed by atoms with Crippen molar-refractivity contribution in [3.05, 3.63) is 54.0 Å². The molecule has 0 aliphatic heterocycles. The van der Waals surface area contributed by atoms with E-state index in [1.165, 1.54) is 13.2 Å². The molecule has 1 N–H and O–H groups in total. The Labute approximate surface area is 139 Å². The number of hydrogen-bond acceptors (Lipinski definition) is 5. The molecule has 1 unspecified atom stereocenters. The predicted octanol–water partition coefficient (Wildman–Crippen LogP) is 2.96. The molecule has 1 amide bonds. The maximum absolute atomic E-state index is 12.1. The van der Waals surface area contributed by atoms with Gasteiger partial charge in [-0.25, -0.2) is 0 Å². The van der Waals surface area contributed by atoms with Crippen molar-refractivity contribution in [1.82, 2.24) is 0 Å². The number of amides is 1. The number of rotatable bonds is 6. The Morgan fingerprint density at radius 3 is 2.75 bits per heavy atom. The van der Waals surface area contributed by atoms with Crippen LogP contribution in [0.4, 0.5) is 5.69 Å². The fourth-order valence-corrected chi connectivity index (χ4v) is 1.97. The van der Waals surface area contributed by atoms with E-state index in [2.05, 4.69) is 5.32 Å². The molecule has 0 bridgehead atoms. The number of allylic oxidation sites excluding steroid dienone is 1. The van der Waals surface area contributed by atoms with E-state index >= 15 is 0 Å². The number of benzene rings is 1. The van der Waals surface area contributed by atoms with Gasteiger partial charge in [0.05, 0.1) is 13.2 Å². The number of ether oxygens (including phenoxy) is 1. The van der Waals surface area contributed by atoms with Gasteiger partial charge in [-0.15, -0.1) is 0 Å². The molecule has 0 fully saturated rings. The molecule has 0 radical (unpaired) electrons. The molecule has 0 aliphatic carbocycles. The normalized spacial score (nSPS) is 11.7. The molecule has 6 nitrogen and oxygen atoms in total. The summed E-state index contributed by atoms with van der Waals surface area (Å²) in [5.74, 6) is -1.02. The molecule has 0 spiro atoms. The minimum atomic E-state index is -1.44. The van der Waals surface area contributed by atoms with Crippen LogP contribution in [0.1, 0.15) is 11.5 Å². The van der Waals surface area contributed by atoms with E-state index in [9.17, 15) is 9.59 Å². The van der Waals surface area contributed by atoms with Crippen molar-refractivity contribution < 1.29 is 18.7 Å². The van der Waals surface area contributed by atoms with Crippen LogP contribution in [0.15, 0.2) is 46.9 Å². The van der Waals surface area contributed by atoms with Gasteiger partial charge in [-0.1, -0.05) is 6.07 Å². The van der Waals surface area contributed by atoms with Crippen molar-refractivity contribution >= 4 is 23.5 Å². The van der Waals surface area contributed by atoms with Crippen LogP contribution in [0.5, 0.6) is 5.75 Å². The summed E-state index contributed by atoms with van der Waals surface area (Å²) in [7, 11) is 1.50. The van der Waals surface area contributed by atoms with E-state index in [1.807, 2.05) is 0 Å². The lowest BCUT2D eigenvalue weighted by Gasteiger charge is -2.09. The first-order valence-electron chi connectivity index (χ1n) is 7.16. The Morgan fingerprint density at radius 1 is 1.33 bits per heavy atom. The first kappa shape index (κ1) is 17.0. The van der Waals surface area contributed by atoms with Crippen LogP contribution in [-0.2, 0) is 9.59 Å². The van der Waals surface area contributed by atoms with Crippen molar-refractivity contribution in [2.75, 3.05) is 12.4 Å². The summed E-state index contributed by atoms with van der Waals surface area (Å²) in [6, 6.07) is 11.8. The third-order valence-electron chi connectivity index (χ3n) is 3.19. The van der Waals surface area contributed by atoms with Crippen LogP contribution in [0, 0.1) is 24.2 Å². The van der Waals surface area contributed by atoms with Crippen LogP contribution in [0.25, 0.3) is 6.08 Å².